The van der Waals surface area contributed by atoms with Crippen LogP contribution < -0.4 is 4.74 Å². The minimum absolute atomic E-state index is 0.0235. The molecule has 6 rings (SSSR count). The van der Waals surface area contributed by atoms with Crippen LogP contribution in [0.5, 0.6) is 5.75 Å². The van der Waals surface area contributed by atoms with Gasteiger partial charge in [0.15, 0.2) is 0 Å². The highest BCUT2D eigenvalue weighted by atomic mass is 35.5. The van der Waals surface area contributed by atoms with Crippen LogP contribution in [0.3, 0.4) is 0 Å². The number of halogens is 1. The van der Waals surface area contributed by atoms with E-state index in [1.54, 1.807) is 7.11 Å². The lowest BCUT2D eigenvalue weighted by Crippen LogP contribution is -2.51. The van der Waals surface area contributed by atoms with Crippen LogP contribution in [-0.2, 0) is 4.74 Å². The van der Waals surface area contributed by atoms with Crippen LogP contribution >= 0.6 is 11.6 Å². The Hall–Kier alpha value is -3.24. The summed E-state index contributed by atoms with van der Waals surface area (Å²) < 4.78 is 11.4. The van der Waals surface area contributed by atoms with Crippen LogP contribution in [0.4, 0.5) is 4.79 Å². The fourth-order valence-corrected chi connectivity index (χ4v) is 6.30. The number of methoxy groups -OCH3 is 1. The second-order valence-corrected chi connectivity index (χ2v) is 10.0. The van der Waals surface area contributed by atoms with Gasteiger partial charge in [-0.15, -0.1) is 0 Å². The van der Waals surface area contributed by atoms with Crippen molar-refractivity contribution in [1.29, 1.82) is 0 Å². The monoisotopic (exact) mass is 485 g/mol. The first-order valence-corrected chi connectivity index (χ1v) is 12.7. The predicted molar refractivity (Wildman–Crippen MR) is 139 cm³/mol. The molecular formula is C30H28ClNO3. The maximum atomic E-state index is 13.4. The average molecular weight is 486 g/mol. The molecule has 2 heterocycles. The zero-order valence-electron chi connectivity index (χ0n) is 19.7. The van der Waals surface area contributed by atoms with E-state index in [0.29, 0.717) is 11.6 Å². The maximum Gasteiger partial charge on any atom is 0.410 e. The van der Waals surface area contributed by atoms with Crippen molar-refractivity contribution in [2.75, 3.05) is 13.7 Å². The number of carbonyl (C=O) groups is 1. The van der Waals surface area contributed by atoms with Gasteiger partial charge in [0.2, 0.25) is 0 Å². The van der Waals surface area contributed by atoms with E-state index in [2.05, 4.69) is 54.6 Å². The lowest BCUT2D eigenvalue weighted by molar-refractivity contribution is 0.0539. The van der Waals surface area contributed by atoms with Crippen LogP contribution in [0.25, 0.3) is 16.7 Å². The molecule has 1 fully saturated rings. The van der Waals surface area contributed by atoms with Crippen molar-refractivity contribution in [3.05, 3.63) is 94.5 Å². The minimum Gasteiger partial charge on any atom is -0.497 e. The lowest BCUT2D eigenvalue weighted by Gasteiger charge is -2.44. The second kappa shape index (κ2) is 9.09. The summed E-state index contributed by atoms with van der Waals surface area (Å²) in [6.07, 6.45) is 5.78. The molecule has 0 radical (unpaired) electrons. The second-order valence-electron chi connectivity index (χ2n) is 9.61. The van der Waals surface area contributed by atoms with Gasteiger partial charge in [0.05, 0.1) is 13.2 Å². The molecule has 3 aromatic carbocycles. The number of fused-ring (bicyclic) bond motifs is 5. The number of carbonyl (C=O) groups excluding carboxylic acids is 1. The van der Waals surface area contributed by atoms with Crippen molar-refractivity contribution in [2.45, 2.75) is 43.7 Å². The number of nitrogens with zero attached hydrogens (tertiary/aromatic N) is 1. The summed E-state index contributed by atoms with van der Waals surface area (Å²) >= 11 is 6.55. The van der Waals surface area contributed by atoms with Gasteiger partial charge < -0.3 is 9.47 Å². The summed E-state index contributed by atoms with van der Waals surface area (Å²) in [5.41, 5.74) is 7.12. The Balaban J connectivity index is 1.23. The summed E-state index contributed by atoms with van der Waals surface area (Å²) in [6, 6.07) is 22.7. The van der Waals surface area contributed by atoms with Crippen LogP contribution in [0.2, 0.25) is 5.02 Å². The first-order chi connectivity index (χ1) is 17.1. The Labute approximate surface area is 211 Å². The fourth-order valence-electron chi connectivity index (χ4n) is 6.06. The van der Waals surface area contributed by atoms with Crippen molar-refractivity contribution >= 4 is 23.3 Å². The van der Waals surface area contributed by atoms with Crippen LogP contribution in [-0.4, -0.2) is 36.8 Å². The molecule has 2 aliphatic heterocycles. The molecule has 178 valence electrons. The molecule has 1 amide bonds. The molecule has 35 heavy (non-hydrogen) atoms. The summed E-state index contributed by atoms with van der Waals surface area (Å²) in [6.45, 7) is 0.348. The third-order valence-corrected chi connectivity index (χ3v) is 8.03. The molecule has 1 saturated heterocycles. The molecule has 0 spiro atoms. The molecule has 1 aliphatic carbocycles. The highest BCUT2D eigenvalue weighted by Crippen LogP contribution is 2.45. The van der Waals surface area contributed by atoms with Gasteiger partial charge in [-0.3, -0.25) is 4.90 Å². The first kappa shape index (κ1) is 22.2. The minimum atomic E-state index is -0.214. The quantitative estimate of drug-likeness (QED) is 0.389. The van der Waals surface area contributed by atoms with Crippen molar-refractivity contribution in [1.82, 2.24) is 4.90 Å². The van der Waals surface area contributed by atoms with Gasteiger partial charge in [0.1, 0.15) is 12.4 Å². The SMILES string of the molecule is COc1ccc(Cl)c(C2=CC3CCCC(C2)N3C(=O)OCC2c3ccccc3-c3ccccc32)c1. The number of benzene rings is 3. The van der Waals surface area contributed by atoms with Gasteiger partial charge in [-0.05, 0) is 77.3 Å². The highest BCUT2D eigenvalue weighted by molar-refractivity contribution is 6.32. The smallest absolute Gasteiger partial charge is 0.410 e. The van der Waals surface area contributed by atoms with E-state index in [9.17, 15) is 4.79 Å². The molecule has 0 saturated carbocycles. The summed E-state index contributed by atoms with van der Waals surface area (Å²) in [4.78, 5) is 15.4. The van der Waals surface area contributed by atoms with E-state index in [0.717, 1.165) is 37.0 Å². The Morgan fingerprint density at radius 2 is 1.69 bits per heavy atom. The standard InChI is InChI=1S/C30H28ClNO3/c1-34-22-13-14-29(31)27(17-22)19-15-20-7-6-8-21(16-19)32(20)30(33)35-18-28-25-11-4-2-9-23(25)24-10-3-5-12-26(24)28/h2-5,9-15,17,20-21,28H,6-8,16,18H2,1H3. The van der Waals surface area contributed by atoms with Crippen molar-refractivity contribution in [2.24, 2.45) is 0 Å². The average Bonchev–Trinajstić information content (AvgIpc) is 3.20. The van der Waals surface area contributed by atoms with Crippen molar-refractivity contribution in [3.8, 4) is 16.9 Å². The fraction of sp³-hybridized carbons (Fsp3) is 0.300. The number of rotatable bonds is 4. The van der Waals surface area contributed by atoms with Crippen molar-refractivity contribution < 1.29 is 14.3 Å². The molecule has 4 nitrogen and oxygen atoms in total. The highest BCUT2D eigenvalue weighted by Gasteiger charge is 2.39. The molecule has 2 atom stereocenters. The lowest BCUT2D eigenvalue weighted by atomic mass is 9.83. The predicted octanol–water partition coefficient (Wildman–Crippen LogP) is 7.31. The van der Waals surface area contributed by atoms with Crippen LogP contribution in [0, 0.1) is 0 Å². The van der Waals surface area contributed by atoms with E-state index in [4.69, 9.17) is 21.1 Å². The Morgan fingerprint density at radius 3 is 2.37 bits per heavy atom. The van der Waals surface area contributed by atoms with Gasteiger partial charge in [-0.2, -0.15) is 0 Å². The van der Waals surface area contributed by atoms with Gasteiger partial charge in [0, 0.05) is 17.0 Å². The number of hydrogen-bond acceptors (Lipinski definition) is 3. The Morgan fingerprint density at radius 1 is 0.971 bits per heavy atom. The number of piperidine rings is 1. The van der Waals surface area contributed by atoms with Gasteiger partial charge in [0.25, 0.3) is 0 Å². The zero-order valence-corrected chi connectivity index (χ0v) is 20.5. The molecule has 2 bridgehead atoms. The number of hydrogen-bond donors (Lipinski definition) is 0. The normalized spacial score (nSPS) is 20.6. The molecule has 0 N–H and O–H groups in total. The summed E-state index contributed by atoms with van der Waals surface area (Å²) in [7, 11) is 1.66. The van der Waals surface area contributed by atoms with Gasteiger partial charge >= 0.3 is 6.09 Å². The molecule has 5 heteroatoms. The van der Waals surface area contributed by atoms with Gasteiger partial charge in [-0.1, -0.05) is 66.2 Å². The van der Waals surface area contributed by atoms with Crippen LogP contribution in [0.15, 0.2) is 72.8 Å². The molecule has 3 aromatic rings. The molecule has 3 aliphatic rings. The topological polar surface area (TPSA) is 38.8 Å². The van der Waals surface area contributed by atoms with E-state index in [1.165, 1.54) is 27.8 Å². The molecule has 0 aromatic heterocycles. The largest absolute Gasteiger partial charge is 0.497 e. The van der Waals surface area contributed by atoms with E-state index in [-0.39, 0.29) is 24.1 Å². The third-order valence-electron chi connectivity index (χ3n) is 7.70. The molecule has 2 unspecified atom stereocenters. The van der Waals surface area contributed by atoms with Gasteiger partial charge in [-0.25, -0.2) is 4.79 Å². The maximum absolute atomic E-state index is 13.4. The Kier molecular flexibility index (Phi) is 5.77. The summed E-state index contributed by atoms with van der Waals surface area (Å²) in [5.74, 6) is 0.854. The van der Waals surface area contributed by atoms with E-state index < -0.39 is 0 Å². The van der Waals surface area contributed by atoms with E-state index in [1.807, 2.05) is 23.1 Å². The summed E-state index contributed by atoms with van der Waals surface area (Å²) in [5, 5.41) is 0.713. The number of ether oxygens (including phenoxy) is 2. The van der Waals surface area contributed by atoms with Crippen LogP contribution in [0.1, 0.15) is 48.3 Å². The third kappa shape index (κ3) is 3.90. The van der Waals surface area contributed by atoms with Crippen molar-refractivity contribution in [3.63, 3.8) is 0 Å². The van der Waals surface area contributed by atoms with E-state index >= 15 is 0 Å². The number of amides is 1. The first-order valence-electron chi connectivity index (χ1n) is 12.3. The zero-order chi connectivity index (χ0) is 23.9. The molecular weight excluding hydrogens is 458 g/mol. The Bertz CT molecular complexity index is 1270.